The summed E-state index contributed by atoms with van der Waals surface area (Å²) in [6, 6.07) is 0.0524. The highest BCUT2D eigenvalue weighted by Gasteiger charge is 2.30. The minimum Gasteiger partial charge on any atom is -0.349 e. The second-order valence-electron chi connectivity index (χ2n) is 5.18. The summed E-state index contributed by atoms with van der Waals surface area (Å²) in [5.41, 5.74) is 6.97. The molecule has 4 nitrogen and oxygen atoms in total. The van der Waals surface area contributed by atoms with Gasteiger partial charge >= 0.3 is 0 Å². The lowest BCUT2D eigenvalue weighted by molar-refractivity contribution is -0.122. The second kappa shape index (κ2) is 5.36. The number of thiazole rings is 1. The molecule has 2 unspecified atom stereocenters. The molecule has 1 aliphatic rings. The third-order valence-corrected chi connectivity index (χ3v) is 4.61. The fraction of sp³-hybridized carbons (Fsp3) is 0.692. The Kier molecular flexibility index (Phi) is 4.02. The Morgan fingerprint density at radius 3 is 2.72 bits per heavy atom. The number of hydrogen-bond acceptors (Lipinski definition) is 4. The molecule has 0 saturated heterocycles. The summed E-state index contributed by atoms with van der Waals surface area (Å²) >= 11 is 1.64. The number of nitrogens with zero attached hydrogens (tertiary/aromatic N) is 1. The van der Waals surface area contributed by atoms with Crippen LogP contribution in [-0.2, 0) is 4.79 Å². The van der Waals surface area contributed by atoms with Crippen molar-refractivity contribution >= 4 is 17.2 Å². The minimum absolute atomic E-state index is 0.0232. The SMILES string of the molecule is Cc1nc(C)c(C(C)NC(=O)CC(N)C2CC2)s1. The van der Waals surface area contributed by atoms with Gasteiger partial charge < -0.3 is 11.1 Å². The van der Waals surface area contributed by atoms with Crippen molar-refractivity contribution in [2.45, 2.75) is 52.1 Å². The lowest BCUT2D eigenvalue weighted by Crippen LogP contribution is -2.34. The Morgan fingerprint density at radius 2 is 2.22 bits per heavy atom. The molecule has 1 heterocycles. The Morgan fingerprint density at radius 1 is 1.56 bits per heavy atom. The smallest absolute Gasteiger partial charge is 0.222 e. The van der Waals surface area contributed by atoms with E-state index in [0.29, 0.717) is 12.3 Å². The fourth-order valence-corrected chi connectivity index (χ4v) is 3.15. The van der Waals surface area contributed by atoms with E-state index in [0.717, 1.165) is 15.6 Å². The van der Waals surface area contributed by atoms with E-state index in [4.69, 9.17) is 5.73 Å². The van der Waals surface area contributed by atoms with E-state index in [1.165, 1.54) is 12.8 Å². The van der Waals surface area contributed by atoms with E-state index in [-0.39, 0.29) is 18.0 Å². The van der Waals surface area contributed by atoms with Crippen LogP contribution < -0.4 is 11.1 Å². The van der Waals surface area contributed by atoms with Gasteiger partial charge in [-0.2, -0.15) is 0 Å². The van der Waals surface area contributed by atoms with Gasteiger partial charge in [0.1, 0.15) is 0 Å². The van der Waals surface area contributed by atoms with Gasteiger partial charge in [-0.3, -0.25) is 4.79 Å². The fourth-order valence-electron chi connectivity index (χ4n) is 2.22. The topological polar surface area (TPSA) is 68.0 Å². The molecule has 1 aliphatic carbocycles. The highest BCUT2D eigenvalue weighted by molar-refractivity contribution is 7.11. The molecular formula is C13H21N3OS. The van der Waals surface area contributed by atoms with Crippen LogP contribution in [-0.4, -0.2) is 16.9 Å². The lowest BCUT2D eigenvalue weighted by Gasteiger charge is -2.15. The average Bonchev–Trinajstić information content (AvgIpc) is 3.04. The maximum atomic E-state index is 11.9. The largest absolute Gasteiger partial charge is 0.349 e. The first-order valence-corrected chi connectivity index (χ1v) is 7.28. The zero-order valence-corrected chi connectivity index (χ0v) is 12.0. The van der Waals surface area contributed by atoms with Crippen molar-refractivity contribution in [3.05, 3.63) is 15.6 Å². The lowest BCUT2D eigenvalue weighted by atomic mass is 10.1. The summed E-state index contributed by atoms with van der Waals surface area (Å²) in [7, 11) is 0. The molecule has 1 aromatic heterocycles. The first-order valence-electron chi connectivity index (χ1n) is 6.46. The van der Waals surface area contributed by atoms with Gasteiger partial charge in [0.05, 0.1) is 16.7 Å². The maximum absolute atomic E-state index is 11.9. The number of aryl methyl sites for hydroxylation is 2. The van der Waals surface area contributed by atoms with Gasteiger partial charge in [-0.1, -0.05) is 0 Å². The van der Waals surface area contributed by atoms with Gasteiger partial charge in [-0.25, -0.2) is 4.98 Å². The predicted molar refractivity (Wildman–Crippen MR) is 73.5 cm³/mol. The van der Waals surface area contributed by atoms with Crippen molar-refractivity contribution in [3.63, 3.8) is 0 Å². The summed E-state index contributed by atoms with van der Waals surface area (Å²) in [6.45, 7) is 5.97. The number of rotatable bonds is 5. The molecule has 0 aromatic carbocycles. The van der Waals surface area contributed by atoms with Crippen molar-refractivity contribution in [3.8, 4) is 0 Å². The molecule has 1 saturated carbocycles. The van der Waals surface area contributed by atoms with E-state index < -0.39 is 0 Å². The van der Waals surface area contributed by atoms with Crippen molar-refractivity contribution in [1.29, 1.82) is 0 Å². The summed E-state index contributed by atoms with van der Waals surface area (Å²) in [4.78, 5) is 17.4. The van der Waals surface area contributed by atoms with Crippen LogP contribution in [0.2, 0.25) is 0 Å². The first-order chi connectivity index (χ1) is 8.47. The van der Waals surface area contributed by atoms with Gasteiger partial charge in [0.15, 0.2) is 0 Å². The number of nitrogens with one attached hydrogen (secondary N) is 1. The monoisotopic (exact) mass is 267 g/mol. The standard InChI is InChI=1S/C13H21N3OS/c1-7-13(18-9(3)15-7)8(2)16-12(17)6-11(14)10-4-5-10/h8,10-11H,4-6,14H2,1-3H3,(H,16,17). The Balaban J connectivity index is 1.88. The molecule has 0 aliphatic heterocycles. The van der Waals surface area contributed by atoms with Gasteiger partial charge in [0.25, 0.3) is 0 Å². The molecule has 2 atom stereocenters. The molecule has 0 spiro atoms. The van der Waals surface area contributed by atoms with Gasteiger partial charge in [0.2, 0.25) is 5.91 Å². The normalized spacial score (nSPS) is 18.4. The molecule has 1 aromatic rings. The second-order valence-corrected chi connectivity index (χ2v) is 6.41. The predicted octanol–water partition coefficient (Wildman–Crippen LogP) is 2.06. The van der Waals surface area contributed by atoms with E-state index in [9.17, 15) is 4.79 Å². The highest BCUT2D eigenvalue weighted by atomic mass is 32.1. The van der Waals surface area contributed by atoms with Crippen molar-refractivity contribution in [2.24, 2.45) is 11.7 Å². The number of aromatic nitrogens is 1. The Bertz CT molecular complexity index is 439. The van der Waals surface area contributed by atoms with Crippen LogP contribution in [0.1, 0.15) is 47.8 Å². The van der Waals surface area contributed by atoms with Crippen molar-refractivity contribution < 1.29 is 4.79 Å². The number of amides is 1. The zero-order valence-electron chi connectivity index (χ0n) is 11.2. The van der Waals surface area contributed by atoms with E-state index in [1.807, 2.05) is 20.8 Å². The third-order valence-electron chi connectivity index (χ3n) is 3.36. The molecule has 0 bridgehead atoms. The molecular weight excluding hydrogens is 246 g/mol. The van der Waals surface area contributed by atoms with E-state index in [2.05, 4.69) is 10.3 Å². The van der Waals surface area contributed by atoms with Crippen molar-refractivity contribution in [2.75, 3.05) is 0 Å². The van der Waals surface area contributed by atoms with Gasteiger partial charge in [-0.15, -0.1) is 11.3 Å². The third kappa shape index (κ3) is 3.29. The first kappa shape index (κ1) is 13.5. The van der Waals surface area contributed by atoms with Crippen LogP contribution in [0.15, 0.2) is 0 Å². The highest BCUT2D eigenvalue weighted by Crippen LogP contribution is 2.33. The minimum atomic E-state index is 0.0232. The summed E-state index contributed by atoms with van der Waals surface area (Å²) in [5.74, 6) is 0.616. The van der Waals surface area contributed by atoms with E-state index >= 15 is 0 Å². The van der Waals surface area contributed by atoms with Crippen LogP contribution in [0, 0.1) is 19.8 Å². The van der Waals surface area contributed by atoms with Gasteiger partial charge in [0, 0.05) is 17.3 Å². The molecule has 100 valence electrons. The van der Waals surface area contributed by atoms with Crippen LogP contribution in [0.25, 0.3) is 0 Å². The molecule has 0 radical (unpaired) electrons. The van der Waals surface area contributed by atoms with Crippen LogP contribution in [0.4, 0.5) is 0 Å². The van der Waals surface area contributed by atoms with E-state index in [1.54, 1.807) is 11.3 Å². The zero-order chi connectivity index (χ0) is 13.3. The number of hydrogen-bond donors (Lipinski definition) is 2. The molecule has 2 rings (SSSR count). The van der Waals surface area contributed by atoms with Crippen LogP contribution in [0.3, 0.4) is 0 Å². The molecule has 1 fully saturated rings. The molecule has 1 amide bonds. The Labute approximate surface area is 112 Å². The number of nitrogens with two attached hydrogens (primary N) is 1. The maximum Gasteiger partial charge on any atom is 0.222 e. The quantitative estimate of drug-likeness (QED) is 0.858. The number of carbonyl (C=O) groups is 1. The summed E-state index contributed by atoms with van der Waals surface area (Å²) < 4.78 is 0. The van der Waals surface area contributed by atoms with Crippen molar-refractivity contribution in [1.82, 2.24) is 10.3 Å². The summed E-state index contributed by atoms with van der Waals surface area (Å²) in [5, 5.41) is 4.06. The molecule has 5 heteroatoms. The van der Waals surface area contributed by atoms with Crippen LogP contribution in [0.5, 0.6) is 0 Å². The Hall–Kier alpha value is -0.940. The number of carbonyl (C=O) groups excluding carboxylic acids is 1. The molecule has 18 heavy (non-hydrogen) atoms. The van der Waals surface area contributed by atoms with Crippen LogP contribution >= 0.6 is 11.3 Å². The average molecular weight is 267 g/mol. The molecule has 3 N–H and O–H groups in total. The summed E-state index contributed by atoms with van der Waals surface area (Å²) in [6.07, 6.45) is 2.79. The van der Waals surface area contributed by atoms with Gasteiger partial charge in [-0.05, 0) is 39.5 Å².